The molecule has 0 spiro atoms. The minimum absolute atomic E-state index is 0.223. The van der Waals surface area contributed by atoms with E-state index < -0.39 is 24.7 Å². The summed E-state index contributed by atoms with van der Waals surface area (Å²) in [6, 6.07) is -0.492. The van der Waals surface area contributed by atoms with Gasteiger partial charge < -0.3 is 22.6 Å². The average molecular weight is 250 g/mol. The lowest BCUT2D eigenvalue weighted by atomic mass is 9.88. The number of carbonyl (C=O) groups is 1. The summed E-state index contributed by atoms with van der Waals surface area (Å²) in [5.74, 6) is 0.223. The summed E-state index contributed by atoms with van der Waals surface area (Å²) in [4.78, 5) is 12.9. The van der Waals surface area contributed by atoms with Crippen LogP contribution in [0.5, 0.6) is 0 Å². The van der Waals surface area contributed by atoms with Gasteiger partial charge >= 0.3 is 13.1 Å². The monoisotopic (exact) mass is 250 g/mol. The van der Waals surface area contributed by atoms with Gasteiger partial charge in [0, 0.05) is 6.54 Å². The average Bonchev–Trinajstić information content (AvgIpc) is 1.94. The molecule has 1 unspecified atom stereocenters. The van der Waals surface area contributed by atoms with Crippen molar-refractivity contribution >= 4 is 13.1 Å². The first-order valence-electron chi connectivity index (χ1n) is 5.47. The highest BCUT2D eigenvalue weighted by Crippen LogP contribution is 2.23. The fraction of sp³-hybridized carbons (Fsp3) is 0.700. The lowest BCUT2D eigenvalue weighted by Gasteiger charge is -2.40. The highest BCUT2D eigenvalue weighted by molar-refractivity contribution is 6.64. The van der Waals surface area contributed by atoms with Crippen molar-refractivity contribution in [1.82, 2.24) is 4.90 Å². The Morgan fingerprint density at radius 2 is 2.00 bits per heavy atom. The Labute approximate surface area is 98.7 Å². The number of nitrogens with zero attached hydrogens (tertiary/aromatic N) is 1. The first-order chi connectivity index (χ1) is 7.58. The number of hydrogen-bond donors (Lipinski definition) is 0. The maximum atomic E-state index is 12.0. The molecule has 1 saturated heterocycles. The van der Waals surface area contributed by atoms with E-state index in [4.69, 9.17) is 4.74 Å². The number of carbonyl (C=O) groups excluding carboxylic acids is 1. The van der Waals surface area contributed by atoms with Gasteiger partial charge in [-0.05, 0) is 27.2 Å². The molecule has 1 rings (SSSR count). The minimum Gasteiger partial charge on any atom is -0.445 e. The number of hydrogen-bond acceptors (Lipinski definition) is 2. The maximum Gasteiger partial charge on any atom is 0.502 e. The van der Waals surface area contributed by atoms with Gasteiger partial charge in [0.15, 0.2) is 0 Å². The second-order valence-electron chi connectivity index (χ2n) is 5.04. The minimum atomic E-state index is -4.94. The summed E-state index contributed by atoms with van der Waals surface area (Å²) in [7, 11) is 0. The van der Waals surface area contributed by atoms with Crippen molar-refractivity contribution in [3.05, 3.63) is 12.1 Å². The molecule has 0 bridgehead atoms. The van der Waals surface area contributed by atoms with E-state index in [-0.39, 0.29) is 5.98 Å². The quantitative estimate of drug-likeness (QED) is 0.705. The Kier molecular flexibility index (Phi) is 3.79. The van der Waals surface area contributed by atoms with E-state index in [1.165, 1.54) is 4.90 Å². The van der Waals surface area contributed by atoms with Crippen LogP contribution in [-0.4, -0.2) is 36.2 Å². The van der Waals surface area contributed by atoms with Crippen molar-refractivity contribution in [2.75, 3.05) is 6.54 Å². The molecule has 0 saturated carbocycles. The summed E-state index contributed by atoms with van der Waals surface area (Å²) in [6.07, 6.45) is 1.00. The molecule has 0 aromatic heterocycles. The maximum absolute atomic E-state index is 12.0. The molecular formula is C10H16BF3NO2-. The van der Waals surface area contributed by atoms with Crippen LogP contribution in [0.25, 0.3) is 0 Å². The summed E-state index contributed by atoms with van der Waals surface area (Å²) in [6.45, 7) is 0.650. The second-order valence-corrected chi connectivity index (χ2v) is 5.04. The van der Waals surface area contributed by atoms with Crippen molar-refractivity contribution in [2.45, 2.75) is 38.8 Å². The predicted molar refractivity (Wildman–Crippen MR) is 59.6 cm³/mol. The van der Waals surface area contributed by atoms with Gasteiger partial charge in [0.1, 0.15) is 5.60 Å². The molecule has 1 atom stereocenters. The smallest absolute Gasteiger partial charge is 0.445 e. The van der Waals surface area contributed by atoms with Crippen molar-refractivity contribution < 1.29 is 22.5 Å². The van der Waals surface area contributed by atoms with E-state index in [2.05, 4.69) is 0 Å². The number of rotatable bonds is 2. The topological polar surface area (TPSA) is 29.5 Å². The molecule has 17 heavy (non-hydrogen) atoms. The van der Waals surface area contributed by atoms with E-state index in [9.17, 15) is 17.7 Å². The van der Waals surface area contributed by atoms with Gasteiger partial charge in [0.05, 0.1) is 6.04 Å². The van der Waals surface area contributed by atoms with Crippen molar-refractivity contribution in [1.29, 1.82) is 0 Å². The summed E-state index contributed by atoms with van der Waals surface area (Å²) >= 11 is 0. The van der Waals surface area contributed by atoms with Crippen LogP contribution < -0.4 is 0 Å². The normalized spacial score (nSPS) is 21.5. The third kappa shape index (κ3) is 4.71. The van der Waals surface area contributed by atoms with Crippen LogP contribution in [-0.2, 0) is 4.74 Å². The first-order valence-corrected chi connectivity index (χ1v) is 5.47. The third-order valence-electron chi connectivity index (χ3n) is 2.25. The molecule has 0 aromatic carbocycles. The zero-order valence-electron chi connectivity index (χ0n) is 10.1. The standard InChI is InChI=1S/C10H16BF3NO2/c1-10(2,3)17-9(16)15-7-5-8(15)4-6-11(12,13)14/h4,6,8H,5,7H2,1-3H3/q-1/b6-4+. The molecule has 1 aliphatic rings. The Bertz CT molecular complexity index is 322. The largest absolute Gasteiger partial charge is 0.502 e. The lowest BCUT2D eigenvalue weighted by Crippen LogP contribution is -2.51. The highest BCUT2D eigenvalue weighted by Gasteiger charge is 2.34. The molecule has 0 aromatic rings. The molecule has 1 heterocycles. The Morgan fingerprint density at radius 3 is 2.35 bits per heavy atom. The third-order valence-corrected chi connectivity index (χ3v) is 2.25. The lowest BCUT2D eigenvalue weighted by molar-refractivity contribution is 0.00278. The number of amides is 1. The summed E-state index contributed by atoms with van der Waals surface area (Å²) in [5.41, 5.74) is -0.630. The fourth-order valence-corrected chi connectivity index (χ4v) is 1.41. The molecule has 0 radical (unpaired) electrons. The second kappa shape index (κ2) is 4.62. The van der Waals surface area contributed by atoms with Gasteiger partial charge in [-0.1, -0.05) is 6.08 Å². The van der Waals surface area contributed by atoms with Crippen molar-refractivity contribution in [3.8, 4) is 0 Å². The van der Waals surface area contributed by atoms with E-state index in [0.29, 0.717) is 13.0 Å². The molecule has 7 heteroatoms. The Hall–Kier alpha value is -1.14. The van der Waals surface area contributed by atoms with E-state index in [1.807, 2.05) is 0 Å². The van der Waals surface area contributed by atoms with E-state index >= 15 is 0 Å². The van der Waals surface area contributed by atoms with Crippen molar-refractivity contribution in [3.63, 3.8) is 0 Å². The van der Waals surface area contributed by atoms with Gasteiger partial charge in [0.25, 0.3) is 0 Å². The van der Waals surface area contributed by atoms with E-state index in [1.54, 1.807) is 20.8 Å². The van der Waals surface area contributed by atoms with Gasteiger partial charge in [-0.25, -0.2) is 4.79 Å². The van der Waals surface area contributed by atoms with Gasteiger partial charge in [-0.15, -0.1) is 5.98 Å². The van der Waals surface area contributed by atoms with E-state index in [0.717, 1.165) is 6.08 Å². The summed E-state index contributed by atoms with van der Waals surface area (Å²) in [5, 5.41) is 0. The highest BCUT2D eigenvalue weighted by atomic mass is 19.4. The van der Waals surface area contributed by atoms with Crippen LogP contribution in [0.15, 0.2) is 12.1 Å². The SMILES string of the molecule is CC(C)(C)OC(=O)N1CCC1/C=C/[B-](F)(F)F. The van der Waals surface area contributed by atoms with Crippen LogP contribution >= 0.6 is 0 Å². The Morgan fingerprint density at radius 1 is 1.41 bits per heavy atom. The van der Waals surface area contributed by atoms with Crippen molar-refractivity contribution in [2.24, 2.45) is 0 Å². The van der Waals surface area contributed by atoms with Crippen LogP contribution in [0.3, 0.4) is 0 Å². The number of likely N-dealkylation sites (tertiary alicyclic amines) is 1. The molecule has 0 N–H and O–H groups in total. The molecule has 3 nitrogen and oxygen atoms in total. The molecule has 1 amide bonds. The molecule has 0 aliphatic carbocycles. The van der Waals surface area contributed by atoms with Gasteiger partial charge in [0.2, 0.25) is 0 Å². The van der Waals surface area contributed by atoms with Gasteiger partial charge in [-0.2, -0.15) is 0 Å². The summed E-state index contributed by atoms with van der Waals surface area (Å²) < 4.78 is 41.1. The zero-order valence-corrected chi connectivity index (χ0v) is 10.1. The van der Waals surface area contributed by atoms with Gasteiger partial charge in [-0.3, -0.25) is 0 Å². The van der Waals surface area contributed by atoms with Crippen LogP contribution in [0.2, 0.25) is 0 Å². The first kappa shape index (κ1) is 13.9. The zero-order chi connectivity index (χ0) is 13.3. The molecular weight excluding hydrogens is 234 g/mol. The molecule has 1 aliphatic heterocycles. The van der Waals surface area contributed by atoms with Crippen LogP contribution in [0, 0.1) is 0 Å². The van der Waals surface area contributed by atoms with Crippen LogP contribution in [0.1, 0.15) is 27.2 Å². The number of halogens is 3. The molecule has 1 fully saturated rings. The Balaban J connectivity index is 2.52. The number of ether oxygens (including phenoxy) is 1. The molecule has 98 valence electrons. The van der Waals surface area contributed by atoms with Crippen LogP contribution in [0.4, 0.5) is 17.7 Å². The fourth-order valence-electron chi connectivity index (χ4n) is 1.41. The predicted octanol–water partition coefficient (Wildman–Crippen LogP) is 2.94.